The predicted molar refractivity (Wildman–Crippen MR) is 104 cm³/mol. The van der Waals surface area contributed by atoms with Crippen LogP contribution in [0.25, 0.3) is 0 Å². The Labute approximate surface area is 166 Å². The van der Waals surface area contributed by atoms with E-state index >= 15 is 0 Å². The molecule has 2 amide bonds. The monoisotopic (exact) mass is 390 g/mol. The van der Waals surface area contributed by atoms with Gasteiger partial charge in [0.05, 0.1) is 6.04 Å². The molecular formula is C21H30N2O5. The maximum absolute atomic E-state index is 12.8. The molecule has 0 saturated carbocycles. The summed E-state index contributed by atoms with van der Waals surface area (Å²) in [4.78, 5) is 38.6. The Morgan fingerprint density at radius 3 is 2.61 bits per heavy atom. The number of aliphatic hydroxyl groups is 1. The summed E-state index contributed by atoms with van der Waals surface area (Å²) in [5, 5.41) is 12.9. The molecule has 3 atom stereocenters. The van der Waals surface area contributed by atoms with Crippen LogP contribution in [0.15, 0.2) is 30.3 Å². The summed E-state index contributed by atoms with van der Waals surface area (Å²) in [5.41, 5.74) is 0.856. The van der Waals surface area contributed by atoms with Gasteiger partial charge in [0, 0.05) is 25.9 Å². The van der Waals surface area contributed by atoms with Crippen molar-refractivity contribution in [3.8, 4) is 0 Å². The van der Waals surface area contributed by atoms with Crippen molar-refractivity contribution < 1.29 is 24.2 Å². The highest BCUT2D eigenvalue weighted by Crippen LogP contribution is 2.23. The highest BCUT2D eigenvalue weighted by atomic mass is 16.5. The highest BCUT2D eigenvalue weighted by Gasteiger charge is 2.35. The molecule has 2 unspecified atom stereocenters. The molecule has 7 nitrogen and oxygen atoms in total. The number of alkyl carbamates (subject to hydrolysis) is 1. The van der Waals surface area contributed by atoms with Gasteiger partial charge in [-0.25, -0.2) is 4.79 Å². The largest absolute Gasteiger partial charge is 0.445 e. The molecule has 1 aliphatic heterocycles. The Kier molecular flexibility index (Phi) is 7.99. The average Bonchev–Trinajstić information content (AvgIpc) is 2.79. The number of Topliss-reactive ketones (excluding diaryl/α,β-unsaturated/α-hetero) is 1. The molecule has 7 heteroatoms. The number of ether oxygens (including phenoxy) is 1. The van der Waals surface area contributed by atoms with Gasteiger partial charge in [0.2, 0.25) is 0 Å². The van der Waals surface area contributed by atoms with Crippen LogP contribution < -0.4 is 5.32 Å². The smallest absolute Gasteiger partial charge is 0.408 e. The second-order valence-electron chi connectivity index (χ2n) is 7.71. The lowest BCUT2D eigenvalue weighted by Gasteiger charge is -2.25. The predicted octanol–water partition coefficient (Wildman–Crippen LogP) is 2.13. The number of likely N-dealkylation sites (N-methyl/N-ethyl adjacent to an activating group) is 1. The van der Waals surface area contributed by atoms with Gasteiger partial charge < -0.3 is 20.1 Å². The average molecular weight is 390 g/mol. The SMILES string of the molecule is CC(C)[C@H](NC(=O)OCc1ccccc1)C(=O)CC1CCCN(C)C(=O)C1O. The Morgan fingerprint density at radius 1 is 1.29 bits per heavy atom. The van der Waals surface area contributed by atoms with E-state index in [1.807, 2.05) is 44.2 Å². The van der Waals surface area contributed by atoms with E-state index in [9.17, 15) is 19.5 Å². The van der Waals surface area contributed by atoms with Crippen molar-refractivity contribution in [3.05, 3.63) is 35.9 Å². The van der Waals surface area contributed by atoms with Crippen LogP contribution >= 0.6 is 0 Å². The number of hydrogen-bond acceptors (Lipinski definition) is 5. The van der Waals surface area contributed by atoms with E-state index in [0.717, 1.165) is 12.0 Å². The van der Waals surface area contributed by atoms with Gasteiger partial charge in [0.25, 0.3) is 5.91 Å². The van der Waals surface area contributed by atoms with Crippen LogP contribution in [0, 0.1) is 11.8 Å². The number of carbonyl (C=O) groups is 3. The quantitative estimate of drug-likeness (QED) is 0.744. The van der Waals surface area contributed by atoms with E-state index in [-0.39, 0.29) is 30.6 Å². The fourth-order valence-electron chi connectivity index (χ4n) is 3.40. The van der Waals surface area contributed by atoms with E-state index in [0.29, 0.717) is 13.0 Å². The maximum atomic E-state index is 12.8. The van der Waals surface area contributed by atoms with Gasteiger partial charge >= 0.3 is 6.09 Å². The third-order valence-electron chi connectivity index (χ3n) is 5.11. The van der Waals surface area contributed by atoms with E-state index < -0.39 is 24.2 Å². The minimum Gasteiger partial charge on any atom is -0.445 e. The summed E-state index contributed by atoms with van der Waals surface area (Å²) in [6.07, 6.45) is -0.479. The Hall–Kier alpha value is -2.41. The van der Waals surface area contributed by atoms with Crippen molar-refractivity contribution >= 4 is 17.8 Å². The van der Waals surface area contributed by atoms with Gasteiger partial charge in [0.1, 0.15) is 12.7 Å². The number of aliphatic hydroxyl groups excluding tert-OH is 1. The lowest BCUT2D eigenvalue weighted by Crippen LogP contribution is -2.46. The number of amides is 2. The summed E-state index contributed by atoms with van der Waals surface area (Å²) in [6.45, 7) is 4.36. The lowest BCUT2D eigenvalue weighted by atomic mass is 9.87. The second kappa shape index (κ2) is 10.2. The van der Waals surface area contributed by atoms with Crippen LogP contribution in [0.4, 0.5) is 4.79 Å². The number of nitrogens with zero attached hydrogens (tertiary/aromatic N) is 1. The molecule has 1 aromatic rings. The first-order valence-corrected chi connectivity index (χ1v) is 9.72. The topological polar surface area (TPSA) is 95.9 Å². The van der Waals surface area contributed by atoms with Crippen molar-refractivity contribution in [2.75, 3.05) is 13.6 Å². The van der Waals surface area contributed by atoms with Crippen LogP contribution in [0.5, 0.6) is 0 Å². The summed E-state index contributed by atoms with van der Waals surface area (Å²) < 4.78 is 5.21. The zero-order chi connectivity index (χ0) is 20.7. The lowest BCUT2D eigenvalue weighted by molar-refractivity contribution is -0.141. The Bertz CT molecular complexity index is 677. The summed E-state index contributed by atoms with van der Waals surface area (Å²) in [6, 6.07) is 8.55. The molecule has 0 aromatic heterocycles. The van der Waals surface area contributed by atoms with Crippen molar-refractivity contribution in [3.63, 3.8) is 0 Å². The van der Waals surface area contributed by atoms with Crippen molar-refractivity contribution in [2.24, 2.45) is 11.8 Å². The van der Waals surface area contributed by atoms with E-state index in [1.165, 1.54) is 4.90 Å². The Balaban J connectivity index is 1.93. The third kappa shape index (κ3) is 6.05. The van der Waals surface area contributed by atoms with Gasteiger partial charge in [0.15, 0.2) is 5.78 Å². The molecule has 0 spiro atoms. The molecule has 2 N–H and O–H groups in total. The normalized spacial score (nSPS) is 21.2. The molecule has 1 aliphatic rings. The molecule has 28 heavy (non-hydrogen) atoms. The number of benzene rings is 1. The van der Waals surface area contributed by atoms with Crippen molar-refractivity contribution in [2.45, 2.75) is 51.9 Å². The maximum Gasteiger partial charge on any atom is 0.408 e. The standard InChI is InChI=1S/C21H30N2O5/c1-14(2)18(22-21(27)28-13-15-8-5-4-6-9-15)17(24)12-16-10-7-11-23(3)20(26)19(16)25/h4-6,8-9,14,16,18-19,25H,7,10-13H2,1-3H3,(H,22,27)/t16?,18-,19?/m0/s1. The van der Waals surface area contributed by atoms with Gasteiger partial charge in [-0.1, -0.05) is 44.2 Å². The molecule has 1 fully saturated rings. The van der Waals surface area contributed by atoms with Gasteiger partial charge in [-0.05, 0) is 24.3 Å². The molecule has 0 bridgehead atoms. The number of hydrogen-bond donors (Lipinski definition) is 2. The number of likely N-dealkylation sites (tertiary alicyclic amines) is 1. The first-order valence-electron chi connectivity index (χ1n) is 9.72. The van der Waals surface area contributed by atoms with Crippen molar-refractivity contribution in [1.82, 2.24) is 10.2 Å². The Morgan fingerprint density at radius 2 is 1.96 bits per heavy atom. The summed E-state index contributed by atoms with van der Waals surface area (Å²) in [7, 11) is 1.65. The number of nitrogens with one attached hydrogen (secondary N) is 1. The van der Waals surface area contributed by atoms with Gasteiger partial charge in [-0.3, -0.25) is 9.59 Å². The van der Waals surface area contributed by atoms with Crippen LogP contribution in [0.2, 0.25) is 0 Å². The van der Waals surface area contributed by atoms with Crippen LogP contribution in [0.3, 0.4) is 0 Å². The molecule has 0 aliphatic carbocycles. The highest BCUT2D eigenvalue weighted by molar-refractivity contribution is 5.89. The second-order valence-corrected chi connectivity index (χ2v) is 7.71. The molecule has 154 valence electrons. The van der Waals surface area contributed by atoms with Crippen LogP contribution in [-0.4, -0.2) is 53.5 Å². The summed E-state index contributed by atoms with van der Waals surface area (Å²) in [5.74, 6) is -1.13. The number of ketones is 1. The molecule has 1 heterocycles. The van der Waals surface area contributed by atoms with Crippen LogP contribution in [-0.2, 0) is 20.9 Å². The zero-order valence-corrected chi connectivity index (χ0v) is 16.8. The fraction of sp³-hybridized carbons (Fsp3) is 0.571. The molecule has 0 radical (unpaired) electrons. The zero-order valence-electron chi connectivity index (χ0n) is 16.8. The number of carbonyl (C=O) groups excluding carboxylic acids is 3. The van der Waals surface area contributed by atoms with E-state index in [4.69, 9.17) is 4.74 Å². The summed E-state index contributed by atoms with van der Waals surface area (Å²) >= 11 is 0. The first kappa shape index (κ1) is 21.9. The third-order valence-corrected chi connectivity index (χ3v) is 5.11. The number of rotatable bonds is 7. The fourth-order valence-corrected chi connectivity index (χ4v) is 3.40. The molecule has 2 rings (SSSR count). The van der Waals surface area contributed by atoms with E-state index in [2.05, 4.69) is 5.32 Å². The van der Waals surface area contributed by atoms with Gasteiger partial charge in [-0.15, -0.1) is 0 Å². The van der Waals surface area contributed by atoms with Gasteiger partial charge in [-0.2, -0.15) is 0 Å². The molecule has 1 saturated heterocycles. The van der Waals surface area contributed by atoms with Crippen LogP contribution in [0.1, 0.15) is 38.7 Å². The first-order chi connectivity index (χ1) is 13.3. The van der Waals surface area contributed by atoms with Crippen molar-refractivity contribution in [1.29, 1.82) is 0 Å². The molecular weight excluding hydrogens is 360 g/mol. The minimum atomic E-state index is -1.19. The molecule has 1 aromatic carbocycles. The minimum absolute atomic E-state index is 0.0442. The van der Waals surface area contributed by atoms with E-state index in [1.54, 1.807) is 7.05 Å².